The van der Waals surface area contributed by atoms with E-state index in [1.54, 1.807) is 11.8 Å². The molecule has 100 heavy (non-hydrogen) atoms. The molecule has 4 saturated carbocycles. The molecule has 1 spiro atoms. The molecule has 0 radical (unpaired) electrons. The van der Waals surface area contributed by atoms with Crippen molar-refractivity contribution in [1.82, 2.24) is 60.0 Å². The third-order valence-corrected chi connectivity index (χ3v) is 24.0. The minimum atomic E-state index is -4.51. The lowest BCUT2D eigenvalue weighted by molar-refractivity contribution is -0.182. The van der Waals surface area contributed by atoms with Crippen molar-refractivity contribution in [2.24, 2.45) is 35.5 Å². The molecular weight excluding hydrogens is 1320 g/mol. The molecule has 3 aliphatic heterocycles. The average Bonchev–Trinajstić information content (AvgIpc) is 1.47. The summed E-state index contributed by atoms with van der Waals surface area (Å²) in [6.07, 6.45) is 6.50. The Balaban J connectivity index is 1.27. The largest absolute Gasteiger partial charge is 0.393 e. The topological polar surface area (TPSA) is 270 Å². The molecule has 3 heterocycles. The number of nitrogens with zero attached hydrogens (tertiary/aromatic N) is 9. The first-order valence-electron chi connectivity index (χ1n) is 37.2. The van der Waals surface area contributed by atoms with Gasteiger partial charge in [-0.15, -0.1) is 11.6 Å². The minimum absolute atomic E-state index is 0.00259. The Morgan fingerprint density at radius 2 is 1.20 bits per heavy atom. The Hall–Kier alpha value is -6.28. The number of hydrogen-bond acceptors (Lipinski definition) is 12. The number of alkyl halides is 4. The maximum atomic E-state index is 15.7. The molecule has 7 rings (SSSR count). The van der Waals surface area contributed by atoms with Gasteiger partial charge in [-0.25, -0.2) is 0 Å². The highest BCUT2D eigenvalue weighted by atomic mass is 35.5. The zero-order valence-electron chi connectivity index (χ0n) is 61.4. The molecule has 11 atom stereocenters. The van der Waals surface area contributed by atoms with Crippen LogP contribution in [0, 0.1) is 35.5 Å². The van der Waals surface area contributed by atoms with E-state index in [1.165, 1.54) is 78.7 Å². The summed E-state index contributed by atoms with van der Waals surface area (Å²) in [7, 11) is 10.1. The molecule has 0 aromatic rings. The van der Waals surface area contributed by atoms with Gasteiger partial charge in [0.15, 0.2) is 0 Å². The molecule has 7 fully saturated rings. The van der Waals surface area contributed by atoms with Crippen molar-refractivity contribution in [2.75, 3.05) is 88.6 Å². The van der Waals surface area contributed by atoms with Gasteiger partial charge in [0.25, 0.3) is 0 Å². The van der Waals surface area contributed by atoms with E-state index in [-0.39, 0.29) is 88.5 Å². The van der Waals surface area contributed by atoms with E-state index in [0.717, 1.165) is 54.7 Å². The number of carbonyl (C=O) groups excluding carboxylic acids is 12. The summed E-state index contributed by atoms with van der Waals surface area (Å²) in [5.74, 6) is -9.87. The van der Waals surface area contributed by atoms with Crippen LogP contribution in [0.3, 0.4) is 0 Å². The van der Waals surface area contributed by atoms with Crippen molar-refractivity contribution in [3.63, 3.8) is 0 Å². The molecule has 0 aromatic carbocycles. The summed E-state index contributed by atoms with van der Waals surface area (Å²) < 4.78 is 42.1. The van der Waals surface area contributed by atoms with Crippen LogP contribution in [0.25, 0.3) is 0 Å². The van der Waals surface area contributed by atoms with Crippen molar-refractivity contribution < 1.29 is 70.7 Å². The number of amides is 12. The number of fused-ring (bicyclic) bond motifs is 1. The number of rotatable bonds is 11. The molecule has 3 saturated heterocycles. The van der Waals surface area contributed by atoms with Gasteiger partial charge in [0.05, 0.1) is 32.0 Å². The summed E-state index contributed by atoms with van der Waals surface area (Å²) in [6.45, 7) is 6.82. The average molecular weight is 1430 g/mol. The van der Waals surface area contributed by atoms with Crippen molar-refractivity contribution in [1.29, 1.82) is 0 Å². The fraction of sp³-hybridized carbons (Fsp3) is 0.833. The van der Waals surface area contributed by atoms with Gasteiger partial charge in [-0.1, -0.05) is 98.3 Å². The normalized spacial score (nSPS) is 31.2. The van der Waals surface area contributed by atoms with E-state index < -0.39 is 168 Å². The van der Waals surface area contributed by atoms with E-state index in [9.17, 15) is 51.5 Å². The molecular formula is C72H116ClF3N12O12. The molecule has 4 aliphatic carbocycles. The van der Waals surface area contributed by atoms with Gasteiger partial charge in [0.2, 0.25) is 70.9 Å². The van der Waals surface area contributed by atoms with Crippen LogP contribution in [0.2, 0.25) is 0 Å². The third kappa shape index (κ3) is 20.1. The Kier molecular flexibility index (Phi) is 29.4. The summed E-state index contributed by atoms with van der Waals surface area (Å²) in [5.41, 5.74) is -1.55. The van der Waals surface area contributed by atoms with Gasteiger partial charge in [-0.2, -0.15) is 13.2 Å². The van der Waals surface area contributed by atoms with Crippen LogP contribution in [-0.2, 0) is 57.5 Å². The standard InChI is InChI=1S/C72H116ClF3N12O12/c1-12-22-53-63(93)78-61(46(4)13-2)68(98)82(7)43-59(91)80(5)44-60(92)84(9)55(40-48-28-26-45(3)27-29-48)66(96)81(6)42-57(89)77-52(33-31-47-30-32-50(51(73)39-47)72(74,75)76)65(95)88-38-21-25-54(88)64(94)79-71(34-17-18-35-71)70(100)86(11)62(49-23-15-14-16-24-49)69(99)85(10)56(41-58(90)83(53)8)67(97)87-36-19-20-37-87/h45-56,61-62H,12-44H2,1-11H3,(H,77,89)(H,78,93)(H,79,94)/t45?,46-,47?,48?,50?,51?,52-,53-,54-,55-,56-,61-,62-/m0/s1. The van der Waals surface area contributed by atoms with Crippen LogP contribution in [0.1, 0.15) is 201 Å². The fourth-order valence-electron chi connectivity index (χ4n) is 16.7. The predicted molar refractivity (Wildman–Crippen MR) is 370 cm³/mol. The Morgan fingerprint density at radius 1 is 0.590 bits per heavy atom. The van der Waals surface area contributed by atoms with Crippen LogP contribution < -0.4 is 16.0 Å². The maximum absolute atomic E-state index is 15.7. The minimum Gasteiger partial charge on any atom is -0.343 e. The molecule has 28 heteroatoms. The second-order valence-corrected chi connectivity index (χ2v) is 31.2. The lowest BCUT2D eigenvalue weighted by Crippen LogP contribution is -2.65. The zero-order chi connectivity index (χ0) is 73.7. The van der Waals surface area contributed by atoms with Gasteiger partial charge < -0.3 is 60.0 Å². The molecule has 24 nitrogen and oxygen atoms in total. The molecule has 7 aliphatic rings. The molecule has 564 valence electrons. The summed E-state index contributed by atoms with van der Waals surface area (Å²) in [4.78, 5) is 191. The summed E-state index contributed by atoms with van der Waals surface area (Å²) in [5, 5.41) is 7.62. The van der Waals surface area contributed by atoms with Crippen molar-refractivity contribution in [3.05, 3.63) is 0 Å². The Morgan fingerprint density at radius 3 is 1.81 bits per heavy atom. The molecule has 3 N–H and O–H groups in total. The van der Waals surface area contributed by atoms with Crippen molar-refractivity contribution in [3.8, 4) is 0 Å². The van der Waals surface area contributed by atoms with Crippen molar-refractivity contribution in [2.45, 2.75) is 260 Å². The number of halogens is 4. The molecule has 0 aromatic heterocycles. The number of carbonyl (C=O) groups is 12. The lowest BCUT2D eigenvalue weighted by atomic mass is 9.78. The van der Waals surface area contributed by atoms with E-state index in [4.69, 9.17) is 11.6 Å². The SMILES string of the molecule is CCC[C@H]1C(=O)N[C@@H]([C@@H](C)CC)C(=O)N(C)CC(=O)N(C)CC(=O)N(C)[C@@H](CC2CCC(C)CC2)C(=O)N(C)CC(=O)N[C@@H](CCC2CCC(C(F)(F)F)C(Cl)C2)C(=O)N2CCC[C@H]2C(=O)NC2(CCCC2)C(=O)N(C)[C@@H](C2CCCCC2)C(=O)N(C)[C@H](C(=O)N2CCCC2)CC(=O)N1C. The highest BCUT2D eigenvalue weighted by Crippen LogP contribution is 2.44. The third-order valence-electron chi connectivity index (χ3n) is 23.5. The number of likely N-dealkylation sites (N-methyl/N-ethyl adjacent to an activating group) is 7. The highest BCUT2D eigenvalue weighted by molar-refractivity contribution is 6.21. The van der Waals surface area contributed by atoms with E-state index in [2.05, 4.69) is 22.9 Å². The van der Waals surface area contributed by atoms with Crippen LogP contribution in [0.15, 0.2) is 0 Å². The Labute approximate surface area is 595 Å². The number of nitrogens with one attached hydrogen (secondary N) is 3. The van der Waals surface area contributed by atoms with Gasteiger partial charge in [0, 0.05) is 74.3 Å². The highest BCUT2D eigenvalue weighted by Gasteiger charge is 2.52. The smallest absolute Gasteiger partial charge is 0.343 e. The number of likely N-dealkylation sites (tertiary alicyclic amines) is 1. The van der Waals surface area contributed by atoms with E-state index in [0.29, 0.717) is 76.8 Å². The summed E-state index contributed by atoms with van der Waals surface area (Å²) >= 11 is 6.41. The quantitative estimate of drug-likeness (QED) is 0.198. The summed E-state index contributed by atoms with van der Waals surface area (Å²) in [6, 6.07) is -8.47. The first-order chi connectivity index (χ1) is 47.2. The monoisotopic (exact) mass is 1430 g/mol. The van der Waals surface area contributed by atoms with Gasteiger partial charge >= 0.3 is 6.18 Å². The number of hydrogen-bond donors (Lipinski definition) is 3. The first-order valence-corrected chi connectivity index (χ1v) is 37.7. The van der Waals surface area contributed by atoms with Crippen molar-refractivity contribution >= 4 is 82.5 Å². The molecule has 12 amide bonds. The van der Waals surface area contributed by atoms with Crippen LogP contribution in [0.5, 0.6) is 0 Å². The van der Waals surface area contributed by atoms with Crippen LogP contribution >= 0.6 is 11.6 Å². The Bertz CT molecular complexity index is 2900. The van der Waals surface area contributed by atoms with E-state index in [1.807, 2.05) is 13.8 Å². The second kappa shape index (κ2) is 36.2. The fourth-order valence-corrected chi connectivity index (χ4v) is 17.2. The first kappa shape index (κ1) is 81.0. The maximum Gasteiger partial charge on any atom is 0.393 e. The van der Waals surface area contributed by atoms with Crippen LogP contribution in [0.4, 0.5) is 13.2 Å². The van der Waals surface area contributed by atoms with E-state index >= 15 is 19.2 Å². The van der Waals surface area contributed by atoms with Crippen LogP contribution in [-0.4, -0.2) is 263 Å². The molecule has 3 unspecified atom stereocenters. The molecule has 0 bridgehead atoms. The lowest BCUT2D eigenvalue weighted by Gasteiger charge is -2.43. The van der Waals surface area contributed by atoms with Gasteiger partial charge in [-0.05, 0) is 126 Å². The van der Waals surface area contributed by atoms with Gasteiger partial charge in [0.1, 0.15) is 47.8 Å². The van der Waals surface area contributed by atoms with Gasteiger partial charge in [-0.3, -0.25) is 57.5 Å². The second-order valence-electron chi connectivity index (χ2n) is 30.7. The zero-order valence-corrected chi connectivity index (χ0v) is 62.1. The predicted octanol–water partition coefficient (Wildman–Crippen LogP) is 6.09.